The van der Waals surface area contributed by atoms with Gasteiger partial charge in [0, 0.05) is 62.1 Å². The number of nitrogens with zero attached hydrogens (tertiary/aromatic N) is 4. The molecular weight excluding hydrogens is 645 g/mol. The van der Waals surface area contributed by atoms with E-state index in [-0.39, 0.29) is 35.9 Å². The van der Waals surface area contributed by atoms with Gasteiger partial charge in [0.1, 0.15) is 34.6 Å². The Labute approximate surface area is 293 Å². The average molecular weight is 688 g/mol. The van der Waals surface area contributed by atoms with Crippen LogP contribution in [-0.4, -0.2) is 73.5 Å². The zero-order valence-electron chi connectivity index (χ0n) is 29.3. The Bertz CT molecular complexity index is 2070. The summed E-state index contributed by atoms with van der Waals surface area (Å²) in [5, 5.41) is 16.1. The van der Waals surface area contributed by atoms with Crippen LogP contribution in [0.15, 0.2) is 96.4 Å². The van der Waals surface area contributed by atoms with E-state index in [0.29, 0.717) is 23.5 Å². The Kier molecular flexibility index (Phi) is 9.44. The smallest absolute Gasteiger partial charge is 0.335 e. The molecule has 4 aromatic rings. The number of nitrogens with two attached hydrogens (primary N) is 1. The third-order valence-corrected chi connectivity index (χ3v) is 13.4. The molecule has 0 saturated heterocycles. The summed E-state index contributed by atoms with van der Waals surface area (Å²) in [5.74, 6) is -1.27. The van der Waals surface area contributed by atoms with Crippen molar-refractivity contribution in [3.8, 4) is 6.01 Å². The third-order valence-electron chi connectivity index (χ3n) is 9.67. The highest BCUT2D eigenvalue weighted by Gasteiger charge is 2.46. The number of amides is 1. The topological polar surface area (TPSA) is 134 Å². The Morgan fingerprint density at radius 3 is 2.42 bits per heavy atom. The van der Waals surface area contributed by atoms with E-state index in [0.717, 1.165) is 28.1 Å². The molecule has 4 N–H and O–H groups in total. The first-order chi connectivity index (χ1) is 23.8. The Hall–Kier alpha value is -5.55. The quantitative estimate of drug-likeness (QED) is 0.170. The molecule has 3 aromatic carbocycles. The fraction of sp³-hybridized carbons (Fsp3) is 0.256. The van der Waals surface area contributed by atoms with Crippen molar-refractivity contribution in [3.63, 3.8) is 0 Å². The minimum absolute atomic E-state index is 0.0391. The minimum Gasteiger partial charge on any atom is -0.478 e. The zero-order valence-corrected chi connectivity index (χ0v) is 30.3. The van der Waals surface area contributed by atoms with Gasteiger partial charge in [-0.1, -0.05) is 54.7 Å². The maximum Gasteiger partial charge on any atom is 0.335 e. The van der Waals surface area contributed by atoms with Crippen molar-refractivity contribution in [3.05, 3.63) is 130 Å². The second-order valence-electron chi connectivity index (χ2n) is 13.7. The first-order valence-electron chi connectivity index (χ1n) is 16.5. The molecule has 6 rings (SSSR count). The SMILES string of the molecule is CN(C)c1ccc2c(c1)[Si](C)(C)C1=CC(=[N+](C)C)C=CC1C2c1cc(C(=O)NCc2ccc(COc3nccc(N)n3)cc2)ccc1C(=O)O. The fourth-order valence-electron chi connectivity index (χ4n) is 6.89. The maximum absolute atomic E-state index is 13.6. The van der Waals surface area contributed by atoms with Crippen LogP contribution in [0, 0.1) is 5.92 Å². The largest absolute Gasteiger partial charge is 0.478 e. The van der Waals surface area contributed by atoms with Crippen molar-refractivity contribution in [1.82, 2.24) is 15.3 Å². The van der Waals surface area contributed by atoms with E-state index in [2.05, 4.69) is 74.3 Å². The number of rotatable bonds is 9. The van der Waals surface area contributed by atoms with Crippen molar-refractivity contribution in [2.24, 2.45) is 5.92 Å². The van der Waals surface area contributed by atoms with Gasteiger partial charge >= 0.3 is 12.0 Å². The van der Waals surface area contributed by atoms with E-state index >= 15 is 0 Å². The van der Waals surface area contributed by atoms with Crippen LogP contribution in [0.2, 0.25) is 13.1 Å². The number of fused-ring (bicyclic) bond motifs is 2. The number of benzene rings is 3. The predicted octanol–water partition coefficient (Wildman–Crippen LogP) is 4.76. The van der Waals surface area contributed by atoms with Crippen molar-refractivity contribution in [2.75, 3.05) is 38.8 Å². The van der Waals surface area contributed by atoms with Gasteiger partial charge in [0.15, 0.2) is 5.71 Å². The highest BCUT2D eigenvalue weighted by Crippen LogP contribution is 2.47. The second kappa shape index (κ2) is 13.8. The molecule has 50 heavy (non-hydrogen) atoms. The number of ether oxygens (including phenoxy) is 1. The number of carboxylic acid groups (broad SMARTS) is 1. The van der Waals surface area contributed by atoms with Gasteiger partial charge in [-0.25, -0.2) is 14.4 Å². The summed E-state index contributed by atoms with van der Waals surface area (Å²) in [6.45, 7) is 5.33. The fourth-order valence-corrected chi connectivity index (χ4v) is 10.3. The third kappa shape index (κ3) is 6.81. The first-order valence-corrected chi connectivity index (χ1v) is 19.5. The molecule has 0 radical (unpaired) electrons. The lowest BCUT2D eigenvalue weighted by molar-refractivity contribution is -0.462. The number of nitrogens with one attached hydrogen (secondary N) is 1. The number of anilines is 2. The maximum atomic E-state index is 13.6. The molecule has 1 aliphatic carbocycles. The van der Waals surface area contributed by atoms with Crippen LogP contribution in [0.4, 0.5) is 11.5 Å². The van der Waals surface area contributed by atoms with Gasteiger partial charge in [-0.3, -0.25) is 4.79 Å². The molecule has 1 amide bonds. The summed E-state index contributed by atoms with van der Waals surface area (Å²) in [7, 11) is 5.96. The van der Waals surface area contributed by atoms with Gasteiger partial charge in [-0.2, -0.15) is 4.98 Å². The molecule has 1 aliphatic heterocycles. The van der Waals surface area contributed by atoms with Gasteiger partial charge in [0.25, 0.3) is 5.91 Å². The number of carbonyl (C=O) groups is 2. The van der Waals surface area contributed by atoms with Gasteiger partial charge in [-0.15, -0.1) is 0 Å². The number of nitrogen functional groups attached to an aromatic ring is 1. The lowest BCUT2D eigenvalue weighted by Gasteiger charge is -2.45. The van der Waals surface area contributed by atoms with E-state index in [4.69, 9.17) is 10.5 Å². The molecule has 11 heteroatoms. The van der Waals surface area contributed by atoms with Gasteiger partial charge in [0.2, 0.25) is 0 Å². The van der Waals surface area contributed by atoms with Crippen LogP contribution in [0.3, 0.4) is 0 Å². The molecule has 0 spiro atoms. The van der Waals surface area contributed by atoms with Crippen LogP contribution < -0.4 is 25.9 Å². The molecular formula is C39H43N6O4Si+. The van der Waals surface area contributed by atoms with Crippen LogP contribution in [-0.2, 0) is 13.2 Å². The van der Waals surface area contributed by atoms with Crippen LogP contribution >= 0.6 is 0 Å². The van der Waals surface area contributed by atoms with Crippen molar-refractivity contribution in [2.45, 2.75) is 32.2 Å². The molecule has 0 fully saturated rings. The highest BCUT2D eigenvalue weighted by atomic mass is 28.3. The molecule has 2 aliphatic rings. The Morgan fingerprint density at radius 1 is 1.00 bits per heavy atom. The molecule has 0 saturated carbocycles. The molecule has 256 valence electrons. The predicted molar refractivity (Wildman–Crippen MR) is 199 cm³/mol. The van der Waals surface area contributed by atoms with Crippen molar-refractivity contribution >= 4 is 42.4 Å². The normalized spacial score (nSPS) is 17.2. The zero-order chi connectivity index (χ0) is 35.7. The Morgan fingerprint density at radius 2 is 1.74 bits per heavy atom. The molecule has 2 atom stereocenters. The molecule has 2 heterocycles. The van der Waals surface area contributed by atoms with E-state index in [1.165, 1.54) is 10.4 Å². The monoisotopic (exact) mass is 687 g/mol. The highest BCUT2D eigenvalue weighted by molar-refractivity contribution is 6.96. The van der Waals surface area contributed by atoms with Crippen LogP contribution in [0.5, 0.6) is 6.01 Å². The van der Waals surface area contributed by atoms with Crippen LogP contribution in [0.25, 0.3) is 0 Å². The van der Waals surface area contributed by atoms with Gasteiger partial charge in [-0.05, 0) is 63.8 Å². The number of carbonyl (C=O) groups excluding carboxylic acids is 1. The summed E-state index contributed by atoms with van der Waals surface area (Å²) in [6, 6.07) is 21.0. The summed E-state index contributed by atoms with van der Waals surface area (Å²) in [4.78, 5) is 36.6. The lowest BCUT2D eigenvalue weighted by Crippen LogP contribution is -2.54. The number of allylic oxidation sites excluding steroid dienone is 4. The van der Waals surface area contributed by atoms with E-state index in [1.54, 1.807) is 30.5 Å². The standard InChI is InChI=1S/C39H42N6O4Si/c1-44(2)27-12-15-30-33(20-27)50(5,6)34-21-28(45(3)4)13-16-31(34)36(30)32-19-26(11-14-29(32)38(47)48)37(46)42-22-24-7-9-25(10-8-24)23-49-39-41-18-17-35(40)43-39/h7-21,30,36H,22-23H2,1-6H3,(H3-,40,41,42,43,46,47,48)/p+1. The summed E-state index contributed by atoms with van der Waals surface area (Å²) in [6.07, 6.45) is 8.20. The Balaban J connectivity index is 1.30. The molecule has 1 aromatic heterocycles. The summed E-state index contributed by atoms with van der Waals surface area (Å²) < 4.78 is 7.74. The number of hydrogen-bond donors (Lipinski definition) is 3. The van der Waals surface area contributed by atoms with Crippen LogP contribution in [0.1, 0.15) is 48.9 Å². The average Bonchev–Trinajstić information content (AvgIpc) is 3.09. The van der Waals surface area contributed by atoms with Gasteiger partial charge in [0.05, 0.1) is 5.56 Å². The van der Waals surface area contributed by atoms with E-state index in [1.807, 2.05) is 52.5 Å². The lowest BCUT2D eigenvalue weighted by atomic mass is 9.76. The molecule has 2 unspecified atom stereocenters. The number of aromatic carboxylic acids is 1. The number of carboxylic acids is 1. The molecule has 10 nitrogen and oxygen atoms in total. The van der Waals surface area contributed by atoms with Gasteiger partial charge < -0.3 is 25.8 Å². The minimum atomic E-state index is -2.18. The summed E-state index contributed by atoms with van der Waals surface area (Å²) in [5.41, 5.74) is 12.1. The second-order valence-corrected chi connectivity index (χ2v) is 18.1. The summed E-state index contributed by atoms with van der Waals surface area (Å²) >= 11 is 0. The van der Waals surface area contributed by atoms with E-state index < -0.39 is 14.0 Å². The molecule has 0 bridgehead atoms. The number of aromatic nitrogens is 2. The van der Waals surface area contributed by atoms with E-state index in [9.17, 15) is 14.7 Å². The number of hydrogen-bond acceptors (Lipinski definition) is 7. The van der Waals surface area contributed by atoms with Crippen molar-refractivity contribution in [1.29, 1.82) is 0 Å². The first kappa shape index (κ1) is 34.3. The van der Waals surface area contributed by atoms with Crippen molar-refractivity contribution < 1.29 is 24.0 Å².